The van der Waals surface area contributed by atoms with Crippen molar-refractivity contribution in [2.24, 2.45) is 0 Å². The second-order valence-corrected chi connectivity index (χ2v) is 10.7. The molecule has 2 aromatic rings. The molecule has 9 heteroatoms. The third-order valence-electron chi connectivity index (χ3n) is 6.59. The van der Waals surface area contributed by atoms with E-state index < -0.39 is 10.0 Å². The monoisotopic (exact) mass is 485 g/mol. The maximum atomic E-state index is 13.3. The summed E-state index contributed by atoms with van der Waals surface area (Å²) >= 11 is 0. The molecule has 0 saturated carbocycles. The summed E-state index contributed by atoms with van der Waals surface area (Å²) in [6, 6.07) is 12.3. The Morgan fingerprint density at radius 3 is 2.41 bits per heavy atom. The molecule has 0 spiro atoms. The summed E-state index contributed by atoms with van der Waals surface area (Å²) in [5.74, 6) is -0.0603. The van der Waals surface area contributed by atoms with Crippen LogP contribution in [0.25, 0.3) is 0 Å². The van der Waals surface area contributed by atoms with Crippen molar-refractivity contribution in [3.05, 3.63) is 53.6 Å². The molecule has 0 unspecified atom stereocenters. The molecular weight excluding hydrogens is 450 g/mol. The number of sulfonamides is 1. The fourth-order valence-electron chi connectivity index (χ4n) is 4.47. The highest BCUT2D eigenvalue weighted by Gasteiger charge is 2.24. The average Bonchev–Trinajstić information content (AvgIpc) is 3.08. The van der Waals surface area contributed by atoms with Gasteiger partial charge in [0.05, 0.1) is 16.3 Å². The number of carbonyl (C=O) groups excluding carboxylic acids is 1. The second kappa shape index (κ2) is 10.8. The van der Waals surface area contributed by atoms with Crippen molar-refractivity contribution >= 4 is 27.3 Å². The topological polar surface area (TPSA) is 85.0 Å². The number of likely N-dealkylation sites (N-methyl/N-ethyl adjacent to an activating group) is 1. The summed E-state index contributed by atoms with van der Waals surface area (Å²) in [6.07, 6.45) is 1.77. The maximum absolute atomic E-state index is 13.3. The molecule has 4 rings (SSSR count). The van der Waals surface area contributed by atoms with E-state index in [1.54, 1.807) is 18.2 Å². The molecule has 2 N–H and O–H groups in total. The second-order valence-electron chi connectivity index (χ2n) is 9.02. The van der Waals surface area contributed by atoms with E-state index in [2.05, 4.69) is 26.9 Å². The normalized spacial score (nSPS) is 17.9. The van der Waals surface area contributed by atoms with Crippen LogP contribution in [-0.4, -0.2) is 83.5 Å². The molecule has 0 bridgehead atoms. The quantitative estimate of drug-likeness (QED) is 0.653. The van der Waals surface area contributed by atoms with E-state index in [-0.39, 0.29) is 10.8 Å². The van der Waals surface area contributed by atoms with Crippen LogP contribution >= 0.6 is 0 Å². The van der Waals surface area contributed by atoms with Gasteiger partial charge in [-0.1, -0.05) is 19.1 Å². The SMILES string of the molecule is CCc1ccc(S(=O)(=O)Nc2cc(C(=O)N3CCCN(C)CC3)ccc2N2CCNCC2)cc1. The molecular formula is C25H35N5O3S. The van der Waals surface area contributed by atoms with Gasteiger partial charge in [0.15, 0.2) is 0 Å². The molecule has 8 nitrogen and oxygen atoms in total. The minimum Gasteiger partial charge on any atom is -0.367 e. The van der Waals surface area contributed by atoms with E-state index in [1.807, 2.05) is 36.1 Å². The lowest BCUT2D eigenvalue weighted by Crippen LogP contribution is -2.43. The predicted molar refractivity (Wildman–Crippen MR) is 136 cm³/mol. The third-order valence-corrected chi connectivity index (χ3v) is 7.98. The smallest absolute Gasteiger partial charge is 0.261 e. The number of carbonyl (C=O) groups is 1. The fraction of sp³-hybridized carbons (Fsp3) is 0.480. The summed E-state index contributed by atoms with van der Waals surface area (Å²) < 4.78 is 29.3. The first-order valence-electron chi connectivity index (χ1n) is 12.1. The van der Waals surface area contributed by atoms with E-state index >= 15 is 0 Å². The zero-order valence-corrected chi connectivity index (χ0v) is 20.9. The van der Waals surface area contributed by atoms with Gasteiger partial charge in [-0.2, -0.15) is 0 Å². The van der Waals surface area contributed by atoms with Crippen LogP contribution in [0.15, 0.2) is 47.4 Å². The number of aryl methyl sites for hydroxylation is 1. The average molecular weight is 486 g/mol. The van der Waals surface area contributed by atoms with Crippen molar-refractivity contribution in [1.29, 1.82) is 0 Å². The zero-order chi connectivity index (χ0) is 24.1. The Bertz CT molecular complexity index is 1100. The van der Waals surface area contributed by atoms with Crippen LogP contribution in [0.4, 0.5) is 11.4 Å². The number of nitrogens with zero attached hydrogens (tertiary/aromatic N) is 3. The highest BCUT2D eigenvalue weighted by Crippen LogP contribution is 2.30. The van der Waals surface area contributed by atoms with Gasteiger partial charge >= 0.3 is 0 Å². The Morgan fingerprint density at radius 1 is 0.971 bits per heavy atom. The van der Waals surface area contributed by atoms with Gasteiger partial charge in [0.25, 0.3) is 15.9 Å². The standard InChI is InChI=1S/C25H35N5O3S/c1-3-20-5-8-22(9-6-20)34(32,33)27-23-19-21(7-10-24(23)29-15-11-26-12-16-29)25(31)30-14-4-13-28(2)17-18-30/h5-10,19,26-27H,3-4,11-18H2,1-2H3. The summed E-state index contributed by atoms with van der Waals surface area (Å²) in [7, 11) is -1.74. The molecule has 2 aromatic carbocycles. The molecule has 1 amide bonds. The number of rotatable bonds is 6. The van der Waals surface area contributed by atoms with Gasteiger partial charge in [0, 0.05) is 51.4 Å². The minimum atomic E-state index is -3.80. The molecule has 34 heavy (non-hydrogen) atoms. The van der Waals surface area contributed by atoms with Crippen molar-refractivity contribution in [2.45, 2.75) is 24.7 Å². The van der Waals surface area contributed by atoms with E-state index in [1.165, 1.54) is 0 Å². The van der Waals surface area contributed by atoms with Gasteiger partial charge in [0.1, 0.15) is 0 Å². The first kappa shape index (κ1) is 24.5. The third kappa shape index (κ3) is 5.71. The summed E-state index contributed by atoms with van der Waals surface area (Å²) in [6.45, 7) is 8.39. The molecule has 2 aliphatic rings. The van der Waals surface area contributed by atoms with Gasteiger partial charge in [-0.25, -0.2) is 8.42 Å². The molecule has 184 valence electrons. The van der Waals surface area contributed by atoms with E-state index in [0.29, 0.717) is 24.3 Å². The molecule has 0 atom stereocenters. The predicted octanol–water partition coefficient (Wildman–Crippen LogP) is 2.24. The van der Waals surface area contributed by atoms with Crippen LogP contribution < -0.4 is 14.9 Å². The summed E-state index contributed by atoms with van der Waals surface area (Å²) in [5.41, 5.74) is 2.82. The van der Waals surface area contributed by atoms with Crippen molar-refractivity contribution < 1.29 is 13.2 Å². The van der Waals surface area contributed by atoms with Gasteiger partial charge in [-0.3, -0.25) is 9.52 Å². The van der Waals surface area contributed by atoms with E-state index in [9.17, 15) is 13.2 Å². The van der Waals surface area contributed by atoms with E-state index in [0.717, 1.165) is 63.4 Å². The maximum Gasteiger partial charge on any atom is 0.261 e. The van der Waals surface area contributed by atoms with Gasteiger partial charge < -0.3 is 20.0 Å². The molecule has 2 fully saturated rings. The minimum absolute atomic E-state index is 0.0603. The molecule has 2 heterocycles. The molecule has 0 radical (unpaired) electrons. The van der Waals surface area contributed by atoms with Crippen molar-refractivity contribution in [1.82, 2.24) is 15.1 Å². The number of hydrogen-bond acceptors (Lipinski definition) is 6. The van der Waals surface area contributed by atoms with E-state index in [4.69, 9.17) is 0 Å². The lowest BCUT2D eigenvalue weighted by molar-refractivity contribution is 0.0763. The van der Waals surface area contributed by atoms with Crippen LogP contribution in [0.1, 0.15) is 29.3 Å². The molecule has 0 aromatic heterocycles. The fourth-order valence-corrected chi connectivity index (χ4v) is 5.54. The molecule has 2 saturated heterocycles. The lowest BCUT2D eigenvalue weighted by Gasteiger charge is -2.31. The number of hydrogen-bond donors (Lipinski definition) is 2. The molecule has 2 aliphatic heterocycles. The Kier molecular flexibility index (Phi) is 7.75. The number of piperazine rings is 1. The first-order chi connectivity index (χ1) is 16.4. The Hall–Kier alpha value is -2.62. The number of anilines is 2. The number of nitrogens with one attached hydrogen (secondary N) is 2. The first-order valence-corrected chi connectivity index (χ1v) is 13.5. The number of benzene rings is 2. The number of amides is 1. The van der Waals surface area contributed by atoms with Crippen LogP contribution in [0.3, 0.4) is 0 Å². The van der Waals surface area contributed by atoms with Crippen molar-refractivity contribution in [2.75, 3.05) is 69.0 Å². The molecule has 0 aliphatic carbocycles. The van der Waals surface area contributed by atoms with Crippen LogP contribution in [0.2, 0.25) is 0 Å². The highest BCUT2D eigenvalue weighted by atomic mass is 32.2. The largest absolute Gasteiger partial charge is 0.367 e. The highest BCUT2D eigenvalue weighted by molar-refractivity contribution is 7.92. The lowest BCUT2D eigenvalue weighted by atomic mass is 10.1. The van der Waals surface area contributed by atoms with Crippen LogP contribution in [0.5, 0.6) is 0 Å². The van der Waals surface area contributed by atoms with Gasteiger partial charge in [-0.15, -0.1) is 0 Å². The van der Waals surface area contributed by atoms with Gasteiger partial charge in [0.2, 0.25) is 0 Å². The zero-order valence-electron chi connectivity index (χ0n) is 20.1. The summed E-state index contributed by atoms with van der Waals surface area (Å²) in [4.78, 5) is 19.8. The van der Waals surface area contributed by atoms with Crippen molar-refractivity contribution in [3.8, 4) is 0 Å². The Morgan fingerprint density at radius 2 is 1.71 bits per heavy atom. The van der Waals surface area contributed by atoms with Gasteiger partial charge in [-0.05, 0) is 62.3 Å². The Balaban J connectivity index is 1.65. The Labute approximate surface area is 203 Å². The van der Waals surface area contributed by atoms with Crippen LogP contribution in [-0.2, 0) is 16.4 Å². The summed E-state index contributed by atoms with van der Waals surface area (Å²) in [5, 5.41) is 3.33. The van der Waals surface area contributed by atoms with Crippen LogP contribution in [0, 0.1) is 0 Å². The van der Waals surface area contributed by atoms with Crippen molar-refractivity contribution in [3.63, 3.8) is 0 Å².